The van der Waals surface area contributed by atoms with Crippen LogP contribution in [0.2, 0.25) is 0 Å². The van der Waals surface area contributed by atoms with Gasteiger partial charge in [0.15, 0.2) is 10.6 Å². The summed E-state index contributed by atoms with van der Waals surface area (Å²) in [6.45, 7) is 0. The first-order valence-corrected chi connectivity index (χ1v) is 4.98. The summed E-state index contributed by atoms with van der Waals surface area (Å²) < 4.78 is 13.6. The van der Waals surface area contributed by atoms with Crippen molar-refractivity contribution < 1.29 is 9.31 Å². The lowest BCUT2D eigenvalue weighted by Crippen LogP contribution is -1.94. The average Bonchev–Trinajstić information content (AvgIpc) is 2.32. The van der Waals surface area contributed by atoms with Crippen LogP contribution in [0.1, 0.15) is 0 Å². The molecule has 17 heavy (non-hydrogen) atoms. The highest BCUT2D eigenvalue weighted by atomic mass is 32.1. The van der Waals surface area contributed by atoms with E-state index in [0.29, 0.717) is 5.56 Å². The zero-order chi connectivity index (χ0) is 12.4. The van der Waals surface area contributed by atoms with Gasteiger partial charge in [0.25, 0.3) is 5.69 Å². The maximum Gasteiger partial charge on any atom is 0.270 e. The minimum absolute atomic E-state index is 0.0914. The summed E-state index contributed by atoms with van der Waals surface area (Å²) in [5.41, 5.74) is 0.330. The second-order valence-electron chi connectivity index (χ2n) is 3.22. The molecule has 0 amide bonds. The van der Waals surface area contributed by atoms with Crippen LogP contribution in [0.3, 0.4) is 0 Å². The van der Waals surface area contributed by atoms with Gasteiger partial charge < -0.3 is 4.98 Å². The number of nitrogens with one attached hydrogen (secondary N) is 1. The number of halogens is 1. The predicted molar refractivity (Wildman–Crippen MR) is 61.5 cm³/mol. The topological polar surface area (TPSA) is 71.8 Å². The molecule has 1 aromatic heterocycles. The number of rotatable bonds is 2. The molecule has 0 aliphatic carbocycles. The van der Waals surface area contributed by atoms with Crippen LogP contribution in [0.15, 0.2) is 30.5 Å². The Balaban J connectivity index is 2.60. The first-order chi connectivity index (χ1) is 8.08. The number of nitrogens with zero attached hydrogens (tertiary/aromatic N) is 2. The third-order valence-corrected chi connectivity index (χ3v) is 2.32. The van der Waals surface area contributed by atoms with E-state index in [4.69, 9.17) is 12.2 Å². The van der Waals surface area contributed by atoms with E-state index >= 15 is 0 Å². The van der Waals surface area contributed by atoms with E-state index in [1.165, 1.54) is 18.2 Å². The van der Waals surface area contributed by atoms with Gasteiger partial charge in [-0.2, -0.15) is 0 Å². The van der Waals surface area contributed by atoms with Crippen molar-refractivity contribution in [1.29, 1.82) is 0 Å². The molecular weight excluding hydrogens is 245 g/mol. The van der Waals surface area contributed by atoms with Crippen molar-refractivity contribution >= 4 is 17.9 Å². The first kappa shape index (κ1) is 11.3. The fourth-order valence-electron chi connectivity index (χ4n) is 1.36. The molecule has 1 heterocycles. The Morgan fingerprint density at radius 1 is 1.47 bits per heavy atom. The summed E-state index contributed by atoms with van der Waals surface area (Å²) >= 11 is 4.78. The van der Waals surface area contributed by atoms with Crippen molar-refractivity contribution in [3.63, 3.8) is 0 Å². The van der Waals surface area contributed by atoms with Crippen LogP contribution in [0, 0.1) is 20.7 Å². The Kier molecular flexibility index (Phi) is 2.92. The van der Waals surface area contributed by atoms with Crippen molar-refractivity contribution in [2.45, 2.75) is 0 Å². The number of nitro groups is 1. The van der Waals surface area contributed by atoms with E-state index in [-0.39, 0.29) is 16.2 Å². The molecule has 0 unspecified atom stereocenters. The smallest absolute Gasteiger partial charge is 0.270 e. The highest BCUT2D eigenvalue weighted by molar-refractivity contribution is 7.71. The molecule has 0 spiro atoms. The normalized spacial score (nSPS) is 10.2. The molecule has 2 aromatic rings. The lowest BCUT2D eigenvalue weighted by molar-refractivity contribution is -0.384. The van der Waals surface area contributed by atoms with Gasteiger partial charge in [0.2, 0.25) is 0 Å². The molecular formula is C10H6FN3O2S. The van der Waals surface area contributed by atoms with E-state index in [2.05, 4.69) is 9.97 Å². The van der Waals surface area contributed by atoms with Gasteiger partial charge in [0.1, 0.15) is 0 Å². The minimum atomic E-state index is -0.612. The summed E-state index contributed by atoms with van der Waals surface area (Å²) in [4.78, 5) is 16.2. The molecule has 1 N–H and O–H groups in total. The Labute approximate surface area is 100 Å². The van der Waals surface area contributed by atoms with Crippen LogP contribution < -0.4 is 0 Å². The Morgan fingerprint density at radius 3 is 2.94 bits per heavy atom. The molecule has 0 bridgehead atoms. The lowest BCUT2D eigenvalue weighted by Gasteiger charge is -2.02. The van der Waals surface area contributed by atoms with Crippen molar-refractivity contribution in [2.24, 2.45) is 0 Å². The molecule has 0 fully saturated rings. The summed E-state index contributed by atoms with van der Waals surface area (Å²) in [7, 11) is 0. The highest BCUT2D eigenvalue weighted by Crippen LogP contribution is 2.23. The number of hydrogen-bond donors (Lipinski definition) is 1. The number of H-pyrrole nitrogens is 1. The van der Waals surface area contributed by atoms with Gasteiger partial charge in [-0.1, -0.05) is 12.1 Å². The standard InChI is InChI=1S/C10H6FN3O2S/c11-8-5-12-10(17)13-9(8)6-2-1-3-7(4-6)14(15)16/h1-5H,(H,12,13,17). The van der Waals surface area contributed by atoms with Crippen LogP contribution in [0.5, 0.6) is 0 Å². The van der Waals surface area contributed by atoms with Crippen LogP contribution in [-0.2, 0) is 0 Å². The molecule has 86 valence electrons. The molecule has 2 rings (SSSR count). The predicted octanol–water partition coefficient (Wildman–Crippen LogP) is 2.85. The number of benzene rings is 1. The van der Waals surface area contributed by atoms with Crippen LogP contribution in [0.25, 0.3) is 11.3 Å². The van der Waals surface area contributed by atoms with Crippen molar-refractivity contribution in [1.82, 2.24) is 9.97 Å². The molecule has 5 nitrogen and oxygen atoms in total. The summed E-state index contributed by atoms with van der Waals surface area (Å²) in [5, 5.41) is 10.6. The van der Waals surface area contributed by atoms with Crippen molar-refractivity contribution in [2.75, 3.05) is 0 Å². The molecule has 0 radical (unpaired) electrons. The zero-order valence-corrected chi connectivity index (χ0v) is 9.20. The average molecular weight is 251 g/mol. The minimum Gasteiger partial charge on any atom is -0.328 e. The molecule has 0 aliphatic rings. The SMILES string of the molecule is O=[N+]([O-])c1cccc(-c2[nH]c(=S)ncc2F)c1. The summed E-state index contributed by atoms with van der Waals surface area (Å²) in [6.07, 6.45) is 0.979. The second kappa shape index (κ2) is 4.38. The fourth-order valence-corrected chi connectivity index (χ4v) is 1.52. The number of aromatic amines is 1. The van der Waals surface area contributed by atoms with Crippen LogP contribution >= 0.6 is 12.2 Å². The molecule has 7 heteroatoms. The number of nitro benzene ring substituents is 1. The quantitative estimate of drug-likeness (QED) is 0.506. The van der Waals surface area contributed by atoms with E-state index < -0.39 is 10.7 Å². The number of hydrogen-bond acceptors (Lipinski definition) is 4. The van der Waals surface area contributed by atoms with Gasteiger partial charge in [0, 0.05) is 17.7 Å². The van der Waals surface area contributed by atoms with Crippen molar-refractivity contribution in [3.05, 3.63) is 51.2 Å². The van der Waals surface area contributed by atoms with Gasteiger partial charge >= 0.3 is 0 Å². The number of non-ortho nitro benzene ring substituents is 1. The first-order valence-electron chi connectivity index (χ1n) is 4.57. The third-order valence-electron chi connectivity index (χ3n) is 2.11. The van der Waals surface area contributed by atoms with Gasteiger partial charge in [-0.05, 0) is 12.2 Å². The van der Waals surface area contributed by atoms with Gasteiger partial charge in [-0.15, -0.1) is 0 Å². The van der Waals surface area contributed by atoms with Crippen molar-refractivity contribution in [3.8, 4) is 11.3 Å². The molecule has 0 saturated heterocycles. The zero-order valence-electron chi connectivity index (χ0n) is 8.38. The molecule has 0 aliphatic heterocycles. The fraction of sp³-hybridized carbons (Fsp3) is 0. The second-order valence-corrected chi connectivity index (χ2v) is 3.61. The Hall–Kier alpha value is -2.15. The maximum atomic E-state index is 13.5. The summed E-state index contributed by atoms with van der Waals surface area (Å²) in [5.74, 6) is -0.612. The van der Waals surface area contributed by atoms with Gasteiger partial charge in [-0.25, -0.2) is 9.37 Å². The Morgan fingerprint density at radius 2 is 2.24 bits per heavy atom. The third kappa shape index (κ3) is 2.34. The maximum absolute atomic E-state index is 13.5. The summed E-state index contributed by atoms with van der Waals surface area (Å²) in [6, 6.07) is 5.63. The van der Waals surface area contributed by atoms with Crippen LogP contribution in [-0.4, -0.2) is 14.9 Å². The number of aromatic nitrogens is 2. The van der Waals surface area contributed by atoms with Gasteiger partial charge in [-0.3, -0.25) is 10.1 Å². The molecule has 0 saturated carbocycles. The van der Waals surface area contributed by atoms with E-state index in [0.717, 1.165) is 6.20 Å². The Bertz CT molecular complexity index is 641. The molecule has 1 aromatic carbocycles. The van der Waals surface area contributed by atoms with E-state index in [9.17, 15) is 14.5 Å². The van der Waals surface area contributed by atoms with Crippen LogP contribution in [0.4, 0.5) is 10.1 Å². The monoisotopic (exact) mass is 251 g/mol. The largest absolute Gasteiger partial charge is 0.328 e. The van der Waals surface area contributed by atoms with E-state index in [1.807, 2.05) is 0 Å². The van der Waals surface area contributed by atoms with E-state index in [1.54, 1.807) is 6.07 Å². The van der Waals surface area contributed by atoms with Gasteiger partial charge in [0.05, 0.1) is 16.8 Å². The highest BCUT2D eigenvalue weighted by Gasteiger charge is 2.10. The molecule has 0 atom stereocenters. The lowest BCUT2D eigenvalue weighted by atomic mass is 10.1.